The molecule has 1 N–H and O–H groups in total. The van der Waals surface area contributed by atoms with Gasteiger partial charge in [-0.1, -0.05) is 24.3 Å². The van der Waals surface area contributed by atoms with Gasteiger partial charge in [0.1, 0.15) is 11.5 Å². The lowest BCUT2D eigenvalue weighted by Crippen LogP contribution is -2.53. The van der Waals surface area contributed by atoms with E-state index in [1.807, 2.05) is 30.1 Å². The van der Waals surface area contributed by atoms with Gasteiger partial charge in [-0.3, -0.25) is 4.79 Å². The number of hydrogen-bond donors (Lipinski definition) is 1. The van der Waals surface area contributed by atoms with Crippen molar-refractivity contribution in [2.45, 2.75) is 22.5 Å². The van der Waals surface area contributed by atoms with Crippen molar-refractivity contribution in [3.05, 3.63) is 54.6 Å². The lowest BCUT2D eigenvalue weighted by molar-refractivity contribution is -0.141. The summed E-state index contributed by atoms with van der Waals surface area (Å²) in [6, 6.07) is 15.0. The van der Waals surface area contributed by atoms with Gasteiger partial charge in [0, 0.05) is 0 Å². The van der Waals surface area contributed by atoms with E-state index >= 15 is 0 Å². The Morgan fingerprint density at radius 3 is 2.27 bits per heavy atom. The first-order valence-corrected chi connectivity index (χ1v) is 9.83. The fraction of sp³-hybridized carbons (Fsp3) is 0.316. The normalized spacial score (nSPS) is 17.6. The first-order chi connectivity index (χ1) is 12.3. The maximum absolute atomic E-state index is 13.2. The Hall–Kier alpha value is -2.38. The minimum Gasteiger partial charge on any atom is -0.480 e. The number of hydrogen-bond acceptors (Lipinski definition) is 5. The Labute approximate surface area is 152 Å². The van der Waals surface area contributed by atoms with E-state index in [9.17, 15) is 18.3 Å². The molecule has 0 radical (unpaired) electrons. The Morgan fingerprint density at radius 2 is 1.65 bits per heavy atom. The maximum atomic E-state index is 13.2. The van der Waals surface area contributed by atoms with Crippen molar-refractivity contribution in [2.75, 3.05) is 20.1 Å². The van der Waals surface area contributed by atoms with Gasteiger partial charge in [0.25, 0.3) is 0 Å². The van der Waals surface area contributed by atoms with Gasteiger partial charge in [-0.05, 0) is 63.3 Å². The van der Waals surface area contributed by atoms with Crippen LogP contribution in [0, 0.1) is 0 Å². The van der Waals surface area contributed by atoms with Crippen LogP contribution in [0.15, 0.2) is 59.5 Å². The van der Waals surface area contributed by atoms with Gasteiger partial charge in [0.15, 0.2) is 14.6 Å². The summed E-state index contributed by atoms with van der Waals surface area (Å²) >= 11 is 0. The molecule has 26 heavy (non-hydrogen) atoms. The van der Waals surface area contributed by atoms with E-state index in [-0.39, 0.29) is 17.7 Å². The van der Waals surface area contributed by atoms with Crippen LogP contribution in [0.2, 0.25) is 0 Å². The monoisotopic (exact) mass is 375 g/mol. The Bertz CT molecular complexity index is 887. The number of nitrogens with zero attached hydrogens (tertiary/aromatic N) is 1. The summed E-state index contributed by atoms with van der Waals surface area (Å²) in [6.07, 6.45) is 0.121. The molecule has 2 aromatic carbocycles. The maximum Gasteiger partial charge on any atom is 0.325 e. The highest BCUT2D eigenvalue weighted by Gasteiger charge is 2.52. The molecular weight excluding hydrogens is 354 g/mol. The predicted molar refractivity (Wildman–Crippen MR) is 97.2 cm³/mol. The first kappa shape index (κ1) is 18.4. The molecule has 1 aliphatic heterocycles. The number of ether oxygens (including phenoxy) is 1. The van der Waals surface area contributed by atoms with Crippen LogP contribution >= 0.6 is 0 Å². The summed E-state index contributed by atoms with van der Waals surface area (Å²) < 4.78 is 30.3. The van der Waals surface area contributed by atoms with Gasteiger partial charge >= 0.3 is 5.97 Å². The molecule has 1 heterocycles. The quantitative estimate of drug-likeness (QED) is 0.865. The molecule has 0 unspecified atom stereocenters. The molecule has 7 heteroatoms. The number of piperidine rings is 1. The van der Waals surface area contributed by atoms with E-state index in [4.69, 9.17) is 4.74 Å². The molecule has 1 saturated heterocycles. The summed E-state index contributed by atoms with van der Waals surface area (Å²) in [5.41, 5.74) is 0. The molecule has 0 saturated carbocycles. The number of rotatable bonds is 5. The van der Waals surface area contributed by atoms with Crippen LogP contribution in [-0.4, -0.2) is 49.3 Å². The standard InChI is InChI=1S/C19H21NO5S/c1-20-12-10-19(11-13-20,18(21)22)26(23,24)17-9-5-8-16(14-17)25-15-6-3-2-4-7-15/h2-9,14H,10-13H2,1H3,(H,21,22). The van der Waals surface area contributed by atoms with Crippen LogP contribution in [0.1, 0.15) is 12.8 Å². The van der Waals surface area contributed by atoms with Crippen LogP contribution in [0.5, 0.6) is 11.5 Å². The van der Waals surface area contributed by atoms with Crippen LogP contribution in [0.4, 0.5) is 0 Å². The molecule has 3 rings (SSSR count). The van der Waals surface area contributed by atoms with E-state index in [1.54, 1.807) is 24.3 Å². The zero-order chi connectivity index (χ0) is 18.8. The molecule has 1 fully saturated rings. The van der Waals surface area contributed by atoms with Crippen molar-refractivity contribution in [1.82, 2.24) is 4.90 Å². The minimum atomic E-state index is -4.07. The highest BCUT2D eigenvalue weighted by atomic mass is 32.2. The zero-order valence-electron chi connectivity index (χ0n) is 14.5. The average molecular weight is 375 g/mol. The van der Waals surface area contributed by atoms with Crippen molar-refractivity contribution in [2.24, 2.45) is 0 Å². The second-order valence-corrected chi connectivity index (χ2v) is 8.76. The van der Waals surface area contributed by atoms with E-state index in [0.717, 1.165) is 0 Å². The van der Waals surface area contributed by atoms with Gasteiger partial charge < -0.3 is 14.7 Å². The van der Waals surface area contributed by atoms with Gasteiger partial charge in [0.05, 0.1) is 4.90 Å². The minimum absolute atomic E-state index is 0.0297. The lowest BCUT2D eigenvalue weighted by Gasteiger charge is -2.36. The molecule has 0 spiro atoms. The lowest BCUT2D eigenvalue weighted by atomic mass is 9.96. The number of likely N-dealkylation sites (tertiary alicyclic amines) is 1. The summed E-state index contributed by atoms with van der Waals surface area (Å²) in [4.78, 5) is 13.9. The van der Waals surface area contributed by atoms with Crippen molar-refractivity contribution in [1.29, 1.82) is 0 Å². The second-order valence-electron chi connectivity index (χ2n) is 6.50. The van der Waals surface area contributed by atoms with E-state index in [1.165, 1.54) is 12.1 Å². The van der Waals surface area contributed by atoms with Gasteiger partial charge in [-0.25, -0.2) is 8.42 Å². The summed E-state index contributed by atoms with van der Waals surface area (Å²) in [7, 11) is -2.21. The van der Waals surface area contributed by atoms with Crippen LogP contribution in [0.25, 0.3) is 0 Å². The highest BCUT2D eigenvalue weighted by Crippen LogP contribution is 2.37. The van der Waals surface area contributed by atoms with Crippen molar-refractivity contribution in [3.63, 3.8) is 0 Å². The third-order valence-corrected chi connectivity index (χ3v) is 7.28. The van der Waals surface area contributed by atoms with E-state index in [2.05, 4.69) is 0 Å². The fourth-order valence-electron chi connectivity index (χ4n) is 3.13. The summed E-state index contributed by atoms with van der Waals surface area (Å²) in [5.74, 6) is -0.361. The van der Waals surface area contributed by atoms with E-state index < -0.39 is 20.6 Å². The second kappa shape index (κ2) is 7.09. The average Bonchev–Trinajstić information content (AvgIpc) is 2.63. The SMILES string of the molecule is CN1CCC(C(=O)O)(S(=O)(=O)c2cccc(Oc3ccccc3)c2)CC1. The third-order valence-electron chi connectivity index (χ3n) is 4.79. The Kier molecular flexibility index (Phi) is 5.02. The van der Waals surface area contributed by atoms with Gasteiger partial charge in [-0.15, -0.1) is 0 Å². The molecule has 0 bridgehead atoms. The third kappa shape index (κ3) is 3.32. The molecule has 0 aromatic heterocycles. The van der Waals surface area contributed by atoms with E-state index in [0.29, 0.717) is 24.6 Å². The molecule has 1 aliphatic rings. The first-order valence-electron chi connectivity index (χ1n) is 8.35. The number of benzene rings is 2. The summed E-state index contributed by atoms with van der Waals surface area (Å²) in [6.45, 7) is 0.845. The van der Waals surface area contributed by atoms with Crippen molar-refractivity contribution in [3.8, 4) is 11.5 Å². The Balaban J connectivity index is 1.96. The topological polar surface area (TPSA) is 83.9 Å². The Morgan fingerprint density at radius 1 is 1.04 bits per heavy atom. The van der Waals surface area contributed by atoms with Crippen molar-refractivity contribution < 1.29 is 23.1 Å². The molecule has 2 aromatic rings. The number of sulfone groups is 1. The number of para-hydroxylation sites is 1. The number of carboxylic acids is 1. The fourth-order valence-corrected chi connectivity index (χ4v) is 5.06. The van der Waals surface area contributed by atoms with Gasteiger partial charge in [0.2, 0.25) is 0 Å². The molecule has 0 aliphatic carbocycles. The van der Waals surface area contributed by atoms with Crippen LogP contribution < -0.4 is 4.74 Å². The van der Waals surface area contributed by atoms with Crippen LogP contribution in [0.3, 0.4) is 0 Å². The highest BCUT2D eigenvalue weighted by molar-refractivity contribution is 7.93. The number of aliphatic carboxylic acids is 1. The summed E-state index contributed by atoms with van der Waals surface area (Å²) in [5, 5.41) is 9.75. The molecule has 0 amide bonds. The molecule has 6 nitrogen and oxygen atoms in total. The predicted octanol–water partition coefficient (Wildman–Crippen LogP) is 2.80. The smallest absolute Gasteiger partial charge is 0.325 e. The zero-order valence-corrected chi connectivity index (χ0v) is 15.3. The number of carbonyl (C=O) groups is 1. The largest absolute Gasteiger partial charge is 0.480 e. The molecular formula is C19H21NO5S. The van der Waals surface area contributed by atoms with Crippen molar-refractivity contribution >= 4 is 15.8 Å². The number of carboxylic acid groups (broad SMARTS) is 1. The van der Waals surface area contributed by atoms with Crippen LogP contribution in [-0.2, 0) is 14.6 Å². The van der Waals surface area contributed by atoms with Gasteiger partial charge in [-0.2, -0.15) is 0 Å². The molecule has 0 atom stereocenters. The molecule has 138 valence electrons.